The van der Waals surface area contributed by atoms with E-state index in [0.29, 0.717) is 0 Å². The Morgan fingerprint density at radius 3 is 2.83 bits per heavy atom. The molecule has 0 aliphatic carbocycles. The number of hydrogen-bond donors (Lipinski definition) is 1. The molecule has 0 radical (unpaired) electrons. The Bertz CT molecular complexity index is 268. The first-order valence-corrected chi connectivity index (χ1v) is 4.70. The highest BCUT2D eigenvalue weighted by Gasteiger charge is 1.92. The molecule has 0 aliphatic heterocycles. The van der Waals surface area contributed by atoms with Crippen LogP contribution < -0.4 is 0 Å². The zero-order chi connectivity index (χ0) is 8.81. The topological polar surface area (TPSA) is 20.2 Å². The molecule has 0 bridgehead atoms. The molecule has 1 aromatic carbocycles. The SMILES string of the molecule is Cc1ccccc1S/C=C/CO. The molecule has 1 rings (SSSR count). The average Bonchev–Trinajstić information content (AvgIpc) is 2.09. The molecule has 0 unspecified atom stereocenters. The molecule has 1 N–H and O–H groups in total. The molecule has 12 heavy (non-hydrogen) atoms. The van der Waals surface area contributed by atoms with E-state index in [0.717, 1.165) is 0 Å². The molecule has 0 aromatic heterocycles. The van der Waals surface area contributed by atoms with E-state index in [1.807, 2.05) is 17.5 Å². The van der Waals surface area contributed by atoms with Gasteiger partial charge in [-0.05, 0) is 24.0 Å². The van der Waals surface area contributed by atoms with E-state index in [4.69, 9.17) is 5.11 Å². The molecule has 0 atom stereocenters. The summed E-state index contributed by atoms with van der Waals surface area (Å²) >= 11 is 1.63. The Morgan fingerprint density at radius 2 is 2.17 bits per heavy atom. The summed E-state index contributed by atoms with van der Waals surface area (Å²) in [5.41, 5.74) is 1.27. The Labute approximate surface area is 77.1 Å². The number of aliphatic hydroxyl groups excluding tert-OH is 1. The van der Waals surface area contributed by atoms with Crippen LogP contribution in [0.3, 0.4) is 0 Å². The smallest absolute Gasteiger partial charge is 0.0620 e. The first-order valence-electron chi connectivity index (χ1n) is 3.82. The van der Waals surface area contributed by atoms with Crippen LogP contribution in [0.2, 0.25) is 0 Å². The molecule has 0 saturated carbocycles. The van der Waals surface area contributed by atoms with Crippen LogP contribution in [0, 0.1) is 6.92 Å². The van der Waals surface area contributed by atoms with E-state index in [-0.39, 0.29) is 6.61 Å². The largest absolute Gasteiger partial charge is 0.392 e. The van der Waals surface area contributed by atoms with Gasteiger partial charge in [-0.1, -0.05) is 36.0 Å². The monoisotopic (exact) mass is 180 g/mol. The van der Waals surface area contributed by atoms with Gasteiger partial charge in [0.05, 0.1) is 6.61 Å². The highest BCUT2D eigenvalue weighted by Crippen LogP contribution is 2.22. The lowest BCUT2D eigenvalue weighted by atomic mass is 10.2. The molecule has 1 aromatic rings. The third kappa shape index (κ3) is 2.72. The minimum Gasteiger partial charge on any atom is -0.392 e. The van der Waals surface area contributed by atoms with Crippen molar-refractivity contribution in [1.29, 1.82) is 0 Å². The molecule has 0 spiro atoms. The quantitative estimate of drug-likeness (QED) is 0.721. The number of hydrogen-bond acceptors (Lipinski definition) is 2. The second kappa shape index (κ2) is 5.01. The fourth-order valence-electron chi connectivity index (χ4n) is 0.853. The molecule has 0 heterocycles. The fraction of sp³-hybridized carbons (Fsp3) is 0.200. The van der Waals surface area contributed by atoms with Gasteiger partial charge in [-0.15, -0.1) is 0 Å². The minimum atomic E-state index is 0.110. The normalized spacial score (nSPS) is 10.8. The molecular formula is C10H12OS. The highest BCUT2D eigenvalue weighted by atomic mass is 32.2. The van der Waals surface area contributed by atoms with Crippen molar-refractivity contribution in [2.45, 2.75) is 11.8 Å². The van der Waals surface area contributed by atoms with Crippen molar-refractivity contribution in [1.82, 2.24) is 0 Å². The van der Waals surface area contributed by atoms with Crippen LogP contribution in [0.25, 0.3) is 0 Å². The zero-order valence-corrected chi connectivity index (χ0v) is 7.84. The van der Waals surface area contributed by atoms with Crippen molar-refractivity contribution in [3.63, 3.8) is 0 Å². The van der Waals surface area contributed by atoms with Crippen LogP contribution in [0.15, 0.2) is 40.6 Å². The van der Waals surface area contributed by atoms with E-state index < -0.39 is 0 Å². The molecule has 1 nitrogen and oxygen atoms in total. The summed E-state index contributed by atoms with van der Waals surface area (Å²) in [4.78, 5) is 1.24. The Morgan fingerprint density at radius 1 is 1.42 bits per heavy atom. The number of benzene rings is 1. The van der Waals surface area contributed by atoms with E-state index in [9.17, 15) is 0 Å². The van der Waals surface area contributed by atoms with Crippen LogP contribution in [0.4, 0.5) is 0 Å². The van der Waals surface area contributed by atoms with Gasteiger partial charge in [0.25, 0.3) is 0 Å². The Hall–Kier alpha value is -0.730. The Kier molecular flexibility index (Phi) is 3.91. The van der Waals surface area contributed by atoms with Gasteiger partial charge in [0.1, 0.15) is 0 Å². The average molecular weight is 180 g/mol. The molecule has 0 saturated heterocycles. The van der Waals surface area contributed by atoms with Crippen LogP contribution in [0.1, 0.15) is 5.56 Å². The van der Waals surface area contributed by atoms with E-state index in [1.54, 1.807) is 17.8 Å². The van der Waals surface area contributed by atoms with Gasteiger partial charge in [0.2, 0.25) is 0 Å². The summed E-state index contributed by atoms with van der Waals surface area (Å²) in [6.07, 6.45) is 1.73. The minimum absolute atomic E-state index is 0.110. The second-order valence-corrected chi connectivity index (χ2v) is 3.39. The van der Waals surface area contributed by atoms with Gasteiger partial charge in [-0.25, -0.2) is 0 Å². The van der Waals surface area contributed by atoms with Gasteiger partial charge in [0, 0.05) is 4.90 Å². The summed E-state index contributed by atoms with van der Waals surface area (Å²) < 4.78 is 0. The van der Waals surface area contributed by atoms with E-state index in [2.05, 4.69) is 19.1 Å². The first-order chi connectivity index (χ1) is 5.84. The van der Waals surface area contributed by atoms with Gasteiger partial charge in [-0.2, -0.15) is 0 Å². The van der Waals surface area contributed by atoms with Crippen molar-refractivity contribution >= 4 is 11.8 Å². The second-order valence-electron chi connectivity index (χ2n) is 2.44. The third-order valence-corrected chi connectivity index (χ3v) is 2.53. The third-order valence-electron chi connectivity index (χ3n) is 1.49. The van der Waals surface area contributed by atoms with Gasteiger partial charge in [-0.3, -0.25) is 0 Å². The number of rotatable bonds is 3. The lowest BCUT2D eigenvalue weighted by molar-refractivity contribution is 0.343. The molecule has 64 valence electrons. The van der Waals surface area contributed by atoms with Crippen molar-refractivity contribution in [2.24, 2.45) is 0 Å². The first kappa shape index (κ1) is 9.36. The summed E-state index contributed by atoms with van der Waals surface area (Å²) in [5.74, 6) is 0. The van der Waals surface area contributed by atoms with Crippen molar-refractivity contribution in [3.05, 3.63) is 41.3 Å². The summed E-state index contributed by atoms with van der Waals surface area (Å²) in [6, 6.07) is 8.19. The highest BCUT2D eigenvalue weighted by molar-refractivity contribution is 8.02. The van der Waals surface area contributed by atoms with E-state index in [1.165, 1.54) is 10.5 Å². The van der Waals surface area contributed by atoms with Crippen molar-refractivity contribution < 1.29 is 5.11 Å². The summed E-state index contributed by atoms with van der Waals surface area (Å²) in [6.45, 7) is 2.19. The summed E-state index contributed by atoms with van der Waals surface area (Å²) in [7, 11) is 0. The molecule has 0 fully saturated rings. The van der Waals surface area contributed by atoms with Gasteiger partial charge >= 0.3 is 0 Å². The number of thioether (sulfide) groups is 1. The van der Waals surface area contributed by atoms with Crippen molar-refractivity contribution in [3.8, 4) is 0 Å². The van der Waals surface area contributed by atoms with Gasteiger partial charge in [0.15, 0.2) is 0 Å². The predicted octanol–water partition coefficient (Wildman–Crippen LogP) is 2.59. The fourth-order valence-corrected chi connectivity index (χ4v) is 1.59. The standard InChI is InChI=1S/C10H12OS/c1-9-5-2-3-6-10(9)12-8-4-7-11/h2-6,8,11H,7H2,1H3/b8-4+. The van der Waals surface area contributed by atoms with Crippen molar-refractivity contribution in [2.75, 3.05) is 6.61 Å². The number of aliphatic hydroxyl groups is 1. The van der Waals surface area contributed by atoms with Crippen LogP contribution in [-0.4, -0.2) is 11.7 Å². The van der Waals surface area contributed by atoms with Crippen LogP contribution in [-0.2, 0) is 0 Å². The van der Waals surface area contributed by atoms with Crippen LogP contribution >= 0.6 is 11.8 Å². The van der Waals surface area contributed by atoms with Crippen LogP contribution in [0.5, 0.6) is 0 Å². The Balaban J connectivity index is 2.63. The molecule has 0 amide bonds. The van der Waals surface area contributed by atoms with Gasteiger partial charge < -0.3 is 5.11 Å². The van der Waals surface area contributed by atoms with E-state index >= 15 is 0 Å². The molecule has 2 heteroatoms. The maximum atomic E-state index is 8.51. The zero-order valence-electron chi connectivity index (χ0n) is 7.03. The predicted molar refractivity (Wildman–Crippen MR) is 53.3 cm³/mol. The maximum absolute atomic E-state index is 8.51. The maximum Gasteiger partial charge on any atom is 0.0620 e. The molecular weight excluding hydrogens is 168 g/mol. The summed E-state index contributed by atoms with van der Waals surface area (Å²) in [5, 5.41) is 10.4. The lowest BCUT2D eigenvalue weighted by Crippen LogP contribution is -1.75. The number of aryl methyl sites for hydroxylation is 1. The molecule has 0 aliphatic rings. The lowest BCUT2D eigenvalue weighted by Gasteiger charge is -1.99.